The summed E-state index contributed by atoms with van der Waals surface area (Å²) < 4.78 is 12.3. The molecule has 2 aromatic carbocycles. The highest BCUT2D eigenvalue weighted by Gasteiger charge is 2.15. The van der Waals surface area contributed by atoms with Crippen molar-refractivity contribution in [3.63, 3.8) is 0 Å². The van der Waals surface area contributed by atoms with E-state index in [0.29, 0.717) is 27.7 Å². The third-order valence-electron chi connectivity index (χ3n) is 4.48. The maximum atomic E-state index is 10.1. The van der Waals surface area contributed by atoms with E-state index in [1.165, 1.54) is 19.8 Å². The molecule has 0 unspecified atom stereocenters. The van der Waals surface area contributed by atoms with E-state index in [9.17, 15) is 5.11 Å². The predicted molar refractivity (Wildman–Crippen MR) is 116 cm³/mol. The number of aromatic amines is 1. The molecular formula is C21H24N4O3S. The molecule has 8 heteroatoms. The van der Waals surface area contributed by atoms with Crippen molar-refractivity contribution in [1.82, 2.24) is 14.9 Å². The van der Waals surface area contributed by atoms with E-state index in [0.717, 1.165) is 5.56 Å². The molecule has 1 heterocycles. The second-order valence-corrected chi connectivity index (χ2v) is 7.90. The minimum absolute atomic E-state index is 0.0632. The highest BCUT2D eigenvalue weighted by Crippen LogP contribution is 2.36. The first kappa shape index (κ1) is 20.6. The SMILES string of the molecule is COc1cc(C=Nn2c(-c3ccc(C(C)(C)C)cc3)n[nH]c2=S)cc(OC)c1O. The van der Waals surface area contributed by atoms with Crippen molar-refractivity contribution in [3.8, 4) is 28.6 Å². The summed E-state index contributed by atoms with van der Waals surface area (Å²) in [6.45, 7) is 6.51. The molecule has 7 nitrogen and oxygen atoms in total. The Hall–Kier alpha value is -3.13. The molecule has 2 N–H and O–H groups in total. The molecule has 0 radical (unpaired) electrons. The summed E-state index contributed by atoms with van der Waals surface area (Å²) in [5, 5.41) is 21.6. The fourth-order valence-electron chi connectivity index (χ4n) is 2.82. The zero-order chi connectivity index (χ0) is 21.2. The van der Waals surface area contributed by atoms with Gasteiger partial charge in [0.15, 0.2) is 17.3 Å². The molecular weight excluding hydrogens is 388 g/mol. The van der Waals surface area contributed by atoms with Gasteiger partial charge < -0.3 is 14.6 Å². The Morgan fingerprint density at radius 1 is 1.10 bits per heavy atom. The molecule has 152 valence electrons. The molecule has 0 aliphatic heterocycles. The number of hydrogen-bond acceptors (Lipinski definition) is 6. The molecule has 0 aliphatic rings. The first-order valence-electron chi connectivity index (χ1n) is 9.02. The normalized spacial score (nSPS) is 11.8. The van der Waals surface area contributed by atoms with Crippen LogP contribution in [0.4, 0.5) is 0 Å². The number of nitrogens with zero attached hydrogens (tertiary/aromatic N) is 3. The maximum Gasteiger partial charge on any atom is 0.216 e. The predicted octanol–water partition coefficient (Wildman–Crippen LogP) is 4.51. The Kier molecular flexibility index (Phi) is 5.74. The number of phenols is 1. The first-order valence-corrected chi connectivity index (χ1v) is 9.43. The topological polar surface area (TPSA) is 84.7 Å². The lowest BCUT2D eigenvalue weighted by molar-refractivity contribution is 0.340. The Morgan fingerprint density at radius 2 is 1.69 bits per heavy atom. The van der Waals surface area contributed by atoms with E-state index >= 15 is 0 Å². The third kappa shape index (κ3) is 4.32. The van der Waals surface area contributed by atoms with Crippen LogP contribution < -0.4 is 9.47 Å². The number of phenolic OH excluding ortho intramolecular Hbond substituents is 1. The van der Waals surface area contributed by atoms with Crippen molar-refractivity contribution in [2.75, 3.05) is 14.2 Å². The number of rotatable bonds is 5. The van der Waals surface area contributed by atoms with Crippen molar-refractivity contribution in [2.24, 2.45) is 5.10 Å². The minimum Gasteiger partial charge on any atom is -0.502 e. The minimum atomic E-state index is -0.0632. The zero-order valence-electron chi connectivity index (χ0n) is 17.1. The summed E-state index contributed by atoms with van der Waals surface area (Å²) in [5.41, 5.74) is 2.86. The molecule has 1 aromatic heterocycles. The molecule has 3 rings (SSSR count). The van der Waals surface area contributed by atoms with Crippen LogP contribution in [0, 0.1) is 4.77 Å². The van der Waals surface area contributed by atoms with E-state index in [-0.39, 0.29) is 11.2 Å². The fourth-order valence-corrected chi connectivity index (χ4v) is 3.00. The Morgan fingerprint density at radius 3 is 2.21 bits per heavy atom. The summed E-state index contributed by atoms with van der Waals surface area (Å²) in [6, 6.07) is 11.5. The summed E-state index contributed by atoms with van der Waals surface area (Å²) in [6.07, 6.45) is 1.60. The summed E-state index contributed by atoms with van der Waals surface area (Å²) in [5.74, 6) is 1.12. The number of nitrogens with one attached hydrogen (secondary N) is 1. The molecule has 3 aromatic rings. The standard InChI is InChI=1S/C21H24N4O3S/c1-21(2,3)15-8-6-14(7-9-15)19-23-24-20(29)25(19)22-12-13-10-16(27-4)18(26)17(11-13)28-5/h6-12,26H,1-5H3,(H,24,29). The van der Waals surface area contributed by atoms with Gasteiger partial charge in [0.1, 0.15) is 0 Å². The van der Waals surface area contributed by atoms with Crippen LogP contribution >= 0.6 is 12.2 Å². The highest BCUT2D eigenvalue weighted by molar-refractivity contribution is 7.71. The molecule has 0 saturated heterocycles. The van der Waals surface area contributed by atoms with Gasteiger partial charge in [-0.25, -0.2) is 5.10 Å². The zero-order valence-corrected chi connectivity index (χ0v) is 17.9. The van der Waals surface area contributed by atoms with Crippen LogP contribution in [0.15, 0.2) is 41.5 Å². The van der Waals surface area contributed by atoms with E-state index < -0.39 is 0 Å². The average Bonchev–Trinajstić information content (AvgIpc) is 3.07. The highest BCUT2D eigenvalue weighted by atomic mass is 32.1. The van der Waals surface area contributed by atoms with Crippen LogP contribution in [0.5, 0.6) is 17.2 Å². The smallest absolute Gasteiger partial charge is 0.216 e. The second-order valence-electron chi connectivity index (χ2n) is 7.51. The molecule has 0 fully saturated rings. The van der Waals surface area contributed by atoms with Crippen LogP contribution in [-0.2, 0) is 5.41 Å². The van der Waals surface area contributed by atoms with Gasteiger partial charge in [0.05, 0.1) is 20.4 Å². The number of methoxy groups -OCH3 is 2. The van der Waals surface area contributed by atoms with E-state index in [2.05, 4.69) is 48.2 Å². The maximum absolute atomic E-state index is 10.1. The molecule has 0 amide bonds. The summed E-state index contributed by atoms with van der Waals surface area (Å²) in [7, 11) is 2.95. The van der Waals surface area contributed by atoms with Gasteiger partial charge in [0, 0.05) is 11.1 Å². The van der Waals surface area contributed by atoms with Crippen LogP contribution in [0.2, 0.25) is 0 Å². The van der Waals surface area contributed by atoms with Gasteiger partial charge in [0.2, 0.25) is 10.5 Å². The van der Waals surface area contributed by atoms with Gasteiger partial charge in [-0.15, -0.1) is 0 Å². The first-order chi connectivity index (χ1) is 13.7. The van der Waals surface area contributed by atoms with Gasteiger partial charge in [-0.2, -0.15) is 14.9 Å². The monoisotopic (exact) mass is 412 g/mol. The van der Waals surface area contributed by atoms with Crippen LogP contribution in [-0.4, -0.2) is 40.4 Å². The molecule has 0 bridgehead atoms. The lowest BCUT2D eigenvalue weighted by Gasteiger charge is -2.18. The lowest BCUT2D eigenvalue weighted by atomic mass is 9.87. The van der Waals surface area contributed by atoms with Gasteiger partial charge in [-0.1, -0.05) is 45.0 Å². The molecule has 29 heavy (non-hydrogen) atoms. The van der Waals surface area contributed by atoms with Crippen LogP contribution in [0.1, 0.15) is 31.9 Å². The van der Waals surface area contributed by atoms with Gasteiger partial charge in [-0.3, -0.25) is 0 Å². The van der Waals surface area contributed by atoms with E-state index in [1.54, 1.807) is 23.0 Å². The average molecular weight is 413 g/mol. The van der Waals surface area contributed by atoms with Crippen LogP contribution in [0.3, 0.4) is 0 Å². The number of ether oxygens (including phenoxy) is 2. The number of H-pyrrole nitrogens is 1. The van der Waals surface area contributed by atoms with Crippen molar-refractivity contribution in [1.29, 1.82) is 0 Å². The number of aromatic hydroxyl groups is 1. The number of hydrogen-bond donors (Lipinski definition) is 2. The Labute approximate surface area is 174 Å². The summed E-state index contributed by atoms with van der Waals surface area (Å²) in [4.78, 5) is 0. The fraction of sp³-hybridized carbons (Fsp3) is 0.286. The van der Waals surface area contributed by atoms with E-state index in [4.69, 9.17) is 21.7 Å². The Bertz CT molecular complexity index is 1070. The summed E-state index contributed by atoms with van der Waals surface area (Å²) >= 11 is 5.33. The Balaban J connectivity index is 1.98. The van der Waals surface area contributed by atoms with Gasteiger partial charge in [0.25, 0.3) is 0 Å². The van der Waals surface area contributed by atoms with E-state index in [1.807, 2.05) is 12.1 Å². The second kappa shape index (κ2) is 8.08. The lowest BCUT2D eigenvalue weighted by Crippen LogP contribution is -2.10. The molecule has 0 aliphatic carbocycles. The quantitative estimate of drug-likeness (QED) is 0.476. The molecule has 0 spiro atoms. The van der Waals surface area contributed by atoms with Gasteiger partial charge >= 0.3 is 0 Å². The van der Waals surface area contributed by atoms with Gasteiger partial charge in [-0.05, 0) is 35.3 Å². The largest absolute Gasteiger partial charge is 0.502 e. The van der Waals surface area contributed by atoms with Crippen LogP contribution in [0.25, 0.3) is 11.4 Å². The number of aromatic nitrogens is 3. The third-order valence-corrected chi connectivity index (χ3v) is 4.75. The van der Waals surface area contributed by atoms with Crippen molar-refractivity contribution >= 4 is 18.4 Å². The van der Waals surface area contributed by atoms with Crippen molar-refractivity contribution in [2.45, 2.75) is 26.2 Å². The van der Waals surface area contributed by atoms with Crippen molar-refractivity contribution in [3.05, 3.63) is 52.3 Å². The van der Waals surface area contributed by atoms with Crippen molar-refractivity contribution < 1.29 is 14.6 Å². The number of benzene rings is 2. The molecule has 0 atom stereocenters. The molecule has 0 saturated carbocycles.